The lowest BCUT2D eigenvalue weighted by molar-refractivity contribution is -0.134. The van der Waals surface area contributed by atoms with E-state index >= 15 is 0 Å². The van der Waals surface area contributed by atoms with Gasteiger partial charge in [-0.05, 0) is 56.2 Å². The van der Waals surface area contributed by atoms with Gasteiger partial charge in [-0.25, -0.2) is 0 Å². The number of anilines is 1. The molecular weight excluding hydrogens is 396 g/mol. The molecule has 2 aliphatic heterocycles. The number of nitrogens with one attached hydrogen (secondary N) is 1. The van der Waals surface area contributed by atoms with Gasteiger partial charge in [0.25, 0.3) is 0 Å². The van der Waals surface area contributed by atoms with Crippen LogP contribution < -0.4 is 15.0 Å². The summed E-state index contributed by atoms with van der Waals surface area (Å²) in [6, 6.07) is 16.7. The van der Waals surface area contributed by atoms with E-state index in [2.05, 4.69) is 5.32 Å². The van der Waals surface area contributed by atoms with Crippen molar-refractivity contribution in [3.05, 3.63) is 54.6 Å². The second kappa shape index (κ2) is 9.94. The molecule has 164 valence electrons. The van der Waals surface area contributed by atoms with Crippen molar-refractivity contribution in [2.45, 2.75) is 44.4 Å². The van der Waals surface area contributed by atoms with Gasteiger partial charge in [0, 0.05) is 25.3 Å². The fraction of sp³-hybridized carbons (Fsp3) is 0.417. The van der Waals surface area contributed by atoms with Crippen LogP contribution in [-0.4, -0.2) is 49.8 Å². The molecule has 2 aromatic rings. The van der Waals surface area contributed by atoms with Crippen LogP contribution in [0.25, 0.3) is 0 Å². The fourth-order valence-electron chi connectivity index (χ4n) is 3.79. The third-order valence-electron chi connectivity index (χ3n) is 5.52. The van der Waals surface area contributed by atoms with Gasteiger partial charge in [-0.1, -0.05) is 18.2 Å². The van der Waals surface area contributed by atoms with Crippen molar-refractivity contribution in [3.63, 3.8) is 0 Å². The molecule has 1 N–H and O–H groups in total. The first-order valence-corrected chi connectivity index (χ1v) is 10.8. The van der Waals surface area contributed by atoms with Crippen LogP contribution >= 0.6 is 0 Å². The topological polar surface area (TPSA) is 77.1 Å². The molecule has 3 atom stereocenters. The first-order valence-electron chi connectivity index (χ1n) is 10.8. The number of amides is 2. The van der Waals surface area contributed by atoms with Gasteiger partial charge in [0.05, 0.1) is 18.8 Å². The Balaban J connectivity index is 1.28. The van der Waals surface area contributed by atoms with E-state index in [0.29, 0.717) is 18.9 Å². The molecule has 0 aliphatic carbocycles. The van der Waals surface area contributed by atoms with E-state index in [1.165, 1.54) is 0 Å². The summed E-state index contributed by atoms with van der Waals surface area (Å²) in [5.41, 5.74) is 0.782. The molecule has 2 saturated heterocycles. The van der Waals surface area contributed by atoms with Gasteiger partial charge in [-0.15, -0.1) is 0 Å². The van der Waals surface area contributed by atoms with Crippen LogP contribution in [0.1, 0.15) is 26.2 Å². The van der Waals surface area contributed by atoms with Crippen molar-refractivity contribution in [1.82, 2.24) is 5.32 Å². The Morgan fingerprint density at radius 2 is 1.90 bits per heavy atom. The summed E-state index contributed by atoms with van der Waals surface area (Å²) in [6.07, 6.45) is 1.77. The molecule has 4 rings (SSSR count). The standard InChI is InChI=1S/C24H28N2O5/c1-17(30-16-22-8-5-13-29-22)24(28)25-18-14-23(27)26(15-18)19-9-11-21(12-10-19)31-20-6-3-2-4-7-20/h2-4,6-7,9-12,17-18,22H,5,8,13-16H2,1H3,(H,25,28). The SMILES string of the molecule is CC(OCC1CCCO1)C(=O)NC1CC(=O)N(c2ccc(Oc3ccccc3)cc2)C1. The van der Waals surface area contributed by atoms with E-state index in [9.17, 15) is 9.59 Å². The number of hydrogen-bond donors (Lipinski definition) is 1. The fourth-order valence-corrected chi connectivity index (χ4v) is 3.79. The molecule has 7 heteroatoms. The number of hydrogen-bond acceptors (Lipinski definition) is 5. The quantitative estimate of drug-likeness (QED) is 0.704. The number of nitrogens with zero attached hydrogens (tertiary/aromatic N) is 1. The molecule has 2 amide bonds. The largest absolute Gasteiger partial charge is 0.457 e. The number of carbonyl (C=O) groups is 2. The monoisotopic (exact) mass is 424 g/mol. The molecule has 0 aromatic heterocycles. The number of benzene rings is 2. The molecule has 0 bridgehead atoms. The normalized spacial score (nSPS) is 21.8. The Bertz CT molecular complexity index is 881. The minimum atomic E-state index is -0.581. The maximum atomic E-state index is 12.5. The molecule has 7 nitrogen and oxygen atoms in total. The minimum Gasteiger partial charge on any atom is -0.457 e. The molecule has 3 unspecified atom stereocenters. The second-order valence-electron chi connectivity index (χ2n) is 7.93. The van der Waals surface area contributed by atoms with E-state index < -0.39 is 6.10 Å². The highest BCUT2D eigenvalue weighted by Crippen LogP contribution is 2.27. The van der Waals surface area contributed by atoms with Crippen molar-refractivity contribution < 1.29 is 23.8 Å². The summed E-state index contributed by atoms with van der Waals surface area (Å²) >= 11 is 0. The van der Waals surface area contributed by atoms with E-state index in [1.807, 2.05) is 54.6 Å². The Hall–Kier alpha value is -2.90. The summed E-state index contributed by atoms with van der Waals surface area (Å²) < 4.78 is 17.0. The molecular formula is C24H28N2O5. The predicted octanol–water partition coefficient (Wildman–Crippen LogP) is 3.28. The lowest BCUT2D eigenvalue weighted by Crippen LogP contribution is -2.43. The molecule has 0 saturated carbocycles. The van der Waals surface area contributed by atoms with E-state index in [1.54, 1.807) is 11.8 Å². The van der Waals surface area contributed by atoms with Crippen LogP contribution in [0, 0.1) is 0 Å². The zero-order chi connectivity index (χ0) is 21.6. The average molecular weight is 424 g/mol. The number of rotatable bonds is 8. The van der Waals surface area contributed by atoms with Crippen LogP contribution in [-0.2, 0) is 19.1 Å². The molecule has 31 heavy (non-hydrogen) atoms. The van der Waals surface area contributed by atoms with Gasteiger partial charge >= 0.3 is 0 Å². The third kappa shape index (κ3) is 5.62. The Labute approximate surface area is 182 Å². The second-order valence-corrected chi connectivity index (χ2v) is 7.93. The van der Waals surface area contributed by atoms with E-state index in [0.717, 1.165) is 30.9 Å². The van der Waals surface area contributed by atoms with Crippen LogP contribution in [0.4, 0.5) is 5.69 Å². The van der Waals surface area contributed by atoms with Gasteiger partial charge in [0.15, 0.2) is 0 Å². The van der Waals surface area contributed by atoms with Gasteiger partial charge in [0.2, 0.25) is 11.8 Å². The summed E-state index contributed by atoms with van der Waals surface area (Å²) in [4.78, 5) is 26.6. The van der Waals surface area contributed by atoms with Gasteiger partial charge < -0.3 is 24.4 Å². The highest BCUT2D eigenvalue weighted by molar-refractivity contribution is 5.97. The molecule has 2 aromatic carbocycles. The van der Waals surface area contributed by atoms with Gasteiger partial charge in [-0.2, -0.15) is 0 Å². The Morgan fingerprint density at radius 1 is 1.16 bits per heavy atom. The summed E-state index contributed by atoms with van der Waals surface area (Å²) in [6.45, 7) is 3.34. The van der Waals surface area contributed by atoms with Crippen molar-refractivity contribution >= 4 is 17.5 Å². The summed E-state index contributed by atoms with van der Waals surface area (Å²) in [5.74, 6) is 1.23. The zero-order valence-corrected chi connectivity index (χ0v) is 17.7. The molecule has 2 aliphatic rings. The summed E-state index contributed by atoms with van der Waals surface area (Å²) in [7, 11) is 0. The smallest absolute Gasteiger partial charge is 0.249 e. The van der Waals surface area contributed by atoms with Crippen LogP contribution in [0.5, 0.6) is 11.5 Å². The average Bonchev–Trinajstić information content (AvgIpc) is 3.43. The van der Waals surface area contributed by atoms with Crippen LogP contribution in [0.2, 0.25) is 0 Å². The lowest BCUT2D eigenvalue weighted by atomic mass is 10.2. The maximum Gasteiger partial charge on any atom is 0.249 e. The first kappa shape index (κ1) is 21.3. The Kier molecular flexibility index (Phi) is 6.84. The summed E-state index contributed by atoms with van der Waals surface area (Å²) in [5, 5.41) is 2.94. The number of carbonyl (C=O) groups excluding carboxylic acids is 2. The third-order valence-corrected chi connectivity index (χ3v) is 5.52. The van der Waals surface area contributed by atoms with Gasteiger partial charge in [-0.3, -0.25) is 9.59 Å². The van der Waals surface area contributed by atoms with Crippen molar-refractivity contribution in [3.8, 4) is 11.5 Å². The van der Waals surface area contributed by atoms with E-state index in [4.69, 9.17) is 14.2 Å². The zero-order valence-electron chi connectivity index (χ0n) is 17.7. The van der Waals surface area contributed by atoms with Gasteiger partial charge in [0.1, 0.15) is 17.6 Å². The molecule has 0 radical (unpaired) electrons. The van der Waals surface area contributed by atoms with Crippen LogP contribution in [0.15, 0.2) is 54.6 Å². The highest BCUT2D eigenvalue weighted by Gasteiger charge is 2.32. The molecule has 0 spiro atoms. The maximum absolute atomic E-state index is 12.5. The minimum absolute atomic E-state index is 0.0186. The lowest BCUT2D eigenvalue weighted by Gasteiger charge is -2.20. The number of ether oxygens (including phenoxy) is 3. The predicted molar refractivity (Wildman–Crippen MR) is 116 cm³/mol. The van der Waals surface area contributed by atoms with Crippen molar-refractivity contribution in [1.29, 1.82) is 0 Å². The number of para-hydroxylation sites is 1. The van der Waals surface area contributed by atoms with Crippen LogP contribution in [0.3, 0.4) is 0 Å². The molecule has 2 heterocycles. The highest BCUT2D eigenvalue weighted by atomic mass is 16.5. The van der Waals surface area contributed by atoms with Crippen molar-refractivity contribution in [2.75, 3.05) is 24.7 Å². The first-order chi connectivity index (χ1) is 15.1. The van der Waals surface area contributed by atoms with Crippen molar-refractivity contribution in [2.24, 2.45) is 0 Å². The van der Waals surface area contributed by atoms with E-state index in [-0.39, 0.29) is 30.4 Å². The molecule has 2 fully saturated rings. The Morgan fingerprint density at radius 3 is 2.61 bits per heavy atom.